The number of nitro benzene ring substituents is 1. The van der Waals surface area contributed by atoms with Crippen molar-refractivity contribution in [3.63, 3.8) is 0 Å². The molecule has 0 aliphatic heterocycles. The first-order valence-electron chi connectivity index (χ1n) is 7.68. The zero-order valence-corrected chi connectivity index (χ0v) is 13.9. The Morgan fingerprint density at radius 2 is 1.62 bits per heavy atom. The second-order valence-corrected chi connectivity index (χ2v) is 5.85. The van der Waals surface area contributed by atoms with E-state index in [1.165, 1.54) is 6.07 Å². The van der Waals surface area contributed by atoms with Crippen LogP contribution in [0.15, 0.2) is 48.5 Å². The summed E-state index contributed by atoms with van der Waals surface area (Å²) in [5, 5.41) is 13.8. The minimum absolute atomic E-state index is 0.00694. The van der Waals surface area contributed by atoms with E-state index in [9.17, 15) is 14.9 Å². The maximum Gasteiger partial charge on any atom is 0.273 e. The average molecular weight is 327 g/mol. The van der Waals surface area contributed by atoms with E-state index >= 15 is 0 Å². The van der Waals surface area contributed by atoms with Crippen molar-refractivity contribution in [1.29, 1.82) is 0 Å². The highest BCUT2D eigenvalue weighted by Crippen LogP contribution is 2.18. The molecule has 2 aromatic rings. The van der Waals surface area contributed by atoms with Gasteiger partial charge < -0.3 is 10.2 Å². The highest BCUT2D eigenvalue weighted by atomic mass is 16.6. The molecule has 0 spiro atoms. The molecular weight excluding hydrogens is 306 g/mol. The van der Waals surface area contributed by atoms with Crippen molar-refractivity contribution in [3.8, 4) is 0 Å². The second-order valence-electron chi connectivity index (χ2n) is 5.85. The van der Waals surface area contributed by atoms with Gasteiger partial charge in [-0.25, -0.2) is 0 Å². The zero-order valence-electron chi connectivity index (χ0n) is 13.9. The molecule has 0 aliphatic carbocycles. The van der Waals surface area contributed by atoms with Crippen molar-refractivity contribution < 1.29 is 9.72 Å². The molecule has 24 heavy (non-hydrogen) atoms. The van der Waals surface area contributed by atoms with E-state index in [1.54, 1.807) is 18.2 Å². The van der Waals surface area contributed by atoms with Crippen molar-refractivity contribution in [2.45, 2.75) is 19.5 Å². The summed E-state index contributed by atoms with van der Waals surface area (Å²) in [5.74, 6) is -0.232. The van der Waals surface area contributed by atoms with E-state index in [0.29, 0.717) is 12.1 Å². The molecule has 0 saturated heterocycles. The maximum absolute atomic E-state index is 12.1. The smallest absolute Gasteiger partial charge is 0.273 e. The number of benzene rings is 2. The van der Waals surface area contributed by atoms with Crippen molar-refractivity contribution in [2.24, 2.45) is 0 Å². The van der Waals surface area contributed by atoms with Crippen LogP contribution in [0.2, 0.25) is 0 Å². The molecule has 0 saturated carbocycles. The summed E-state index contributed by atoms with van der Waals surface area (Å²) in [6.45, 7) is 1.19. The molecule has 126 valence electrons. The van der Waals surface area contributed by atoms with Crippen LogP contribution in [0.25, 0.3) is 0 Å². The fourth-order valence-electron chi connectivity index (χ4n) is 2.49. The van der Waals surface area contributed by atoms with Crippen LogP contribution in [0.5, 0.6) is 0 Å². The molecule has 2 rings (SSSR count). The van der Waals surface area contributed by atoms with Crippen LogP contribution in [0.4, 0.5) is 5.69 Å². The lowest BCUT2D eigenvalue weighted by molar-refractivity contribution is -0.385. The van der Waals surface area contributed by atoms with Gasteiger partial charge in [0.05, 0.1) is 11.3 Å². The van der Waals surface area contributed by atoms with Gasteiger partial charge in [0.15, 0.2) is 0 Å². The number of carbonyl (C=O) groups excluding carboxylic acids is 1. The fourth-order valence-corrected chi connectivity index (χ4v) is 2.49. The van der Waals surface area contributed by atoms with Gasteiger partial charge in [-0.3, -0.25) is 14.9 Å². The quantitative estimate of drug-likeness (QED) is 0.626. The summed E-state index contributed by atoms with van der Waals surface area (Å²) in [6, 6.07) is 14.2. The Hall–Kier alpha value is -2.73. The third-order valence-corrected chi connectivity index (χ3v) is 3.62. The number of carbonyl (C=O) groups is 1. The van der Waals surface area contributed by atoms with Gasteiger partial charge in [-0.05, 0) is 25.2 Å². The van der Waals surface area contributed by atoms with E-state index in [1.807, 2.05) is 38.4 Å². The molecule has 0 unspecified atom stereocenters. The molecule has 0 radical (unpaired) electrons. The number of nitrogens with zero attached hydrogens (tertiary/aromatic N) is 2. The van der Waals surface area contributed by atoms with Gasteiger partial charge in [0, 0.05) is 24.7 Å². The first-order valence-corrected chi connectivity index (χ1v) is 7.68. The van der Waals surface area contributed by atoms with Crippen LogP contribution in [0, 0.1) is 10.1 Å². The van der Waals surface area contributed by atoms with Gasteiger partial charge in [0.2, 0.25) is 5.91 Å². The highest BCUT2D eigenvalue weighted by molar-refractivity contribution is 5.79. The van der Waals surface area contributed by atoms with Crippen LogP contribution in [-0.4, -0.2) is 29.8 Å². The van der Waals surface area contributed by atoms with Gasteiger partial charge in [-0.15, -0.1) is 0 Å². The fraction of sp³-hybridized carbons (Fsp3) is 0.278. The number of rotatable bonds is 7. The number of nitrogens with one attached hydrogen (secondary N) is 1. The monoisotopic (exact) mass is 327 g/mol. The third kappa shape index (κ3) is 4.89. The minimum atomic E-state index is -0.463. The first-order chi connectivity index (χ1) is 11.5. The Morgan fingerprint density at radius 1 is 1.04 bits per heavy atom. The molecule has 0 aliphatic rings. The number of para-hydroxylation sites is 1. The molecule has 0 aromatic heterocycles. The Labute approximate surface area is 141 Å². The van der Waals surface area contributed by atoms with Crippen molar-refractivity contribution in [3.05, 3.63) is 75.3 Å². The first kappa shape index (κ1) is 17.6. The summed E-state index contributed by atoms with van der Waals surface area (Å²) in [4.78, 5) is 24.7. The van der Waals surface area contributed by atoms with Crippen molar-refractivity contribution in [2.75, 3.05) is 14.1 Å². The van der Waals surface area contributed by atoms with Gasteiger partial charge in [-0.2, -0.15) is 0 Å². The predicted molar refractivity (Wildman–Crippen MR) is 92.5 cm³/mol. The normalized spacial score (nSPS) is 10.6. The molecule has 6 heteroatoms. The summed E-state index contributed by atoms with van der Waals surface area (Å²) in [6.07, 6.45) is -0.00694. The Kier molecular flexibility index (Phi) is 6.03. The molecule has 6 nitrogen and oxygen atoms in total. The Bertz CT molecular complexity index is 729. The Morgan fingerprint density at radius 3 is 2.25 bits per heavy atom. The van der Waals surface area contributed by atoms with Crippen LogP contribution in [-0.2, 0) is 24.3 Å². The average Bonchev–Trinajstić information content (AvgIpc) is 2.54. The summed E-state index contributed by atoms with van der Waals surface area (Å²) in [5.41, 5.74) is 2.58. The number of nitro groups is 1. The zero-order chi connectivity index (χ0) is 17.5. The van der Waals surface area contributed by atoms with Crippen LogP contribution in [0.3, 0.4) is 0 Å². The summed E-state index contributed by atoms with van der Waals surface area (Å²) in [7, 11) is 3.98. The minimum Gasteiger partial charge on any atom is -0.352 e. The standard InChI is InChI=1S/C18H21N3O3/c1-20(2)13-16-9-4-3-8-15(16)12-19-18(22)11-14-7-5-6-10-17(14)21(23)24/h3-10H,11-13H2,1-2H3,(H,19,22). The lowest BCUT2D eigenvalue weighted by atomic mass is 10.1. The molecule has 0 heterocycles. The van der Waals surface area contributed by atoms with Gasteiger partial charge in [0.25, 0.3) is 5.69 Å². The number of amides is 1. The molecule has 0 fully saturated rings. The topological polar surface area (TPSA) is 75.5 Å². The maximum atomic E-state index is 12.1. The van der Waals surface area contributed by atoms with E-state index in [-0.39, 0.29) is 18.0 Å². The lowest BCUT2D eigenvalue weighted by Gasteiger charge is -2.14. The van der Waals surface area contributed by atoms with E-state index in [4.69, 9.17) is 0 Å². The van der Waals surface area contributed by atoms with Crippen molar-refractivity contribution >= 4 is 11.6 Å². The number of hydrogen-bond donors (Lipinski definition) is 1. The SMILES string of the molecule is CN(C)Cc1ccccc1CNC(=O)Cc1ccccc1[N+](=O)[O-]. The molecule has 0 bridgehead atoms. The molecule has 1 N–H and O–H groups in total. The third-order valence-electron chi connectivity index (χ3n) is 3.62. The number of hydrogen-bond acceptors (Lipinski definition) is 4. The van der Waals surface area contributed by atoms with Crippen LogP contribution >= 0.6 is 0 Å². The van der Waals surface area contributed by atoms with Gasteiger partial charge in [0.1, 0.15) is 0 Å². The largest absolute Gasteiger partial charge is 0.352 e. The van der Waals surface area contributed by atoms with Gasteiger partial charge in [-0.1, -0.05) is 42.5 Å². The van der Waals surface area contributed by atoms with E-state index in [2.05, 4.69) is 10.2 Å². The predicted octanol–water partition coefficient (Wildman–Crippen LogP) is 2.52. The van der Waals surface area contributed by atoms with Crippen LogP contribution < -0.4 is 5.32 Å². The molecular formula is C18H21N3O3. The van der Waals surface area contributed by atoms with E-state index in [0.717, 1.165) is 17.7 Å². The lowest BCUT2D eigenvalue weighted by Crippen LogP contribution is -2.26. The summed E-state index contributed by atoms with van der Waals surface area (Å²) < 4.78 is 0. The second kappa shape index (κ2) is 8.21. The highest BCUT2D eigenvalue weighted by Gasteiger charge is 2.15. The summed E-state index contributed by atoms with van der Waals surface area (Å²) >= 11 is 0. The van der Waals surface area contributed by atoms with Gasteiger partial charge >= 0.3 is 0 Å². The van der Waals surface area contributed by atoms with Crippen LogP contribution in [0.1, 0.15) is 16.7 Å². The van der Waals surface area contributed by atoms with E-state index < -0.39 is 4.92 Å². The molecule has 0 atom stereocenters. The molecule has 2 aromatic carbocycles. The molecule has 1 amide bonds. The Balaban J connectivity index is 2.01. The van der Waals surface area contributed by atoms with Crippen molar-refractivity contribution in [1.82, 2.24) is 10.2 Å².